The molecule has 0 fully saturated rings. The first-order chi connectivity index (χ1) is 12.0. The molecule has 1 unspecified atom stereocenters. The maximum Gasteiger partial charge on any atom is 0.255 e. The fourth-order valence-electron chi connectivity index (χ4n) is 2.47. The first-order valence-electron chi connectivity index (χ1n) is 8.03. The second-order valence-corrected chi connectivity index (χ2v) is 7.18. The first-order valence-corrected chi connectivity index (χ1v) is 9.59. The second-order valence-electron chi connectivity index (χ2n) is 5.80. The predicted molar refractivity (Wildman–Crippen MR) is 100 cm³/mol. The highest BCUT2D eigenvalue weighted by molar-refractivity contribution is 7.84. The van der Waals surface area contributed by atoms with Gasteiger partial charge >= 0.3 is 0 Å². The third-order valence-corrected chi connectivity index (χ3v) is 4.74. The molecule has 1 N–H and O–H groups in total. The van der Waals surface area contributed by atoms with Crippen LogP contribution < -0.4 is 10.1 Å². The zero-order chi connectivity index (χ0) is 18.2. The lowest BCUT2D eigenvalue weighted by molar-refractivity contribution is 0.0946. The van der Waals surface area contributed by atoms with E-state index in [2.05, 4.69) is 22.3 Å². The van der Waals surface area contributed by atoms with Crippen molar-refractivity contribution in [3.63, 3.8) is 0 Å². The molecular formula is C19H24N2O3S. The molecule has 134 valence electrons. The second kappa shape index (κ2) is 9.34. The highest BCUT2D eigenvalue weighted by Gasteiger charge is 2.14. The molecule has 2 aromatic rings. The molecule has 25 heavy (non-hydrogen) atoms. The van der Waals surface area contributed by atoms with Gasteiger partial charge in [0.25, 0.3) is 5.91 Å². The summed E-state index contributed by atoms with van der Waals surface area (Å²) in [5, 5.41) is 2.90. The zero-order valence-corrected chi connectivity index (χ0v) is 15.6. The Bertz CT molecular complexity index is 735. The Morgan fingerprint density at radius 1 is 1.20 bits per heavy atom. The first kappa shape index (κ1) is 19.1. The van der Waals surface area contributed by atoms with E-state index in [0.717, 1.165) is 13.1 Å². The van der Waals surface area contributed by atoms with E-state index < -0.39 is 10.8 Å². The predicted octanol–water partition coefficient (Wildman–Crippen LogP) is 2.29. The van der Waals surface area contributed by atoms with Crippen LogP contribution in [0.4, 0.5) is 0 Å². The molecule has 0 spiro atoms. The number of likely N-dealkylation sites (N-methyl/N-ethyl adjacent to an activating group) is 1. The number of carbonyl (C=O) groups excluding carboxylic acids is 1. The summed E-state index contributed by atoms with van der Waals surface area (Å²) in [6.07, 6.45) is 1.59. The van der Waals surface area contributed by atoms with Gasteiger partial charge in [-0.2, -0.15) is 0 Å². The van der Waals surface area contributed by atoms with Crippen molar-refractivity contribution >= 4 is 16.7 Å². The van der Waals surface area contributed by atoms with E-state index in [9.17, 15) is 9.00 Å². The summed E-state index contributed by atoms with van der Waals surface area (Å²) < 4.78 is 16.9. The van der Waals surface area contributed by atoms with Gasteiger partial charge in [0, 0.05) is 41.6 Å². The molecular weight excluding hydrogens is 336 g/mol. The molecule has 0 bridgehead atoms. The Labute approximate surface area is 151 Å². The van der Waals surface area contributed by atoms with Gasteiger partial charge in [0.15, 0.2) is 0 Å². The van der Waals surface area contributed by atoms with Gasteiger partial charge in [-0.1, -0.05) is 30.3 Å². The summed E-state index contributed by atoms with van der Waals surface area (Å²) in [5.74, 6) is 0.251. The minimum Gasteiger partial charge on any atom is -0.496 e. The smallest absolute Gasteiger partial charge is 0.255 e. The molecule has 0 heterocycles. The third-order valence-electron chi connectivity index (χ3n) is 3.82. The summed E-state index contributed by atoms with van der Waals surface area (Å²) in [4.78, 5) is 15.2. The molecule has 1 amide bonds. The molecule has 1 atom stereocenters. The Kier molecular flexibility index (Phi) is 7.16. The molecule has 0 saturated heterocycles. The summed E-state index contributed by atoms with van der Waals surface area (Å²) in [6, 6.07) is 15.2. The van der Waals surface area contributed by atoms with E-state index in [-0.39, 0.29) is 5.91 Å². The summed E-state index contributed by atoms with van der Waals surface area (Å²) in [7, 11) is 2.39. The molecule has 0 aliphatic rings. The molecule has 0 aliphatic carbocycles. The van der Waals surface area contributed by atoms with Gasteiger partial charge in [-0.05, 0) is 30.8 Å². The molecule has 5 nitrogen and oxygen atoms in total. The Balaban J connectivity index is 1.91. The van der Waals surface area contributed by atoms with Crippen molar-refractivity contribution in [2.75, 3.05) is 33.5 Å². The molecule has 0 aliphatic heterocycles. The topological polar surface area (TPSA) is 58.6 Å². The lowest BCUT2D eigenvalue weighted by Crippen LogP contribution is -2.33. The number of methoxy groups -OCH3 is 1. The molecule has 0 saturated carbocycles. The third kappa shape index (κ3) is 5.69. The van der Waals surface area contributed by atoms with Crippen LogP contribution in [0.2, 0.25) is 0 Å². The molecule has 0 radical (unpaired) electrons. The lowest BCUT2D eigenvalue weighted by Gasteiger charge is -2.17. The number of benzene rings is 2. The van der Waals surface area contributed by atoms with Crippen LogP contribution in [0, 0.1) is 0 Å². The van der Waals surface area contributed by atoms with Gasteiger partial charge in [0.05, 0.1) is 12.7 Å². The summed E-state index contributed by atoms with van der Waals surface area (Å²) in [6.45, 7) is 2.07. The number of nitrogens with zero attached hydrogens (tertiary/aromatic N) is 1. The van der Waals surface area contributed by atoms with Crippen LogP contribution in [-0.4, -0.2) is 48.5 Å². The van der Waals surface area contributed by atoms with Gasteiger partial charge in [-0.25, -0.2) is 0 Å². The number of hydrogen-bond donors (Lipinski definition) is 1. The maximum atomic E-state index is 12.4. The number of rotatable bonds is 8. The minimum absolute atomic E-state index is 0.225. The largest absolute Gasteiger partial charge is 0.496 e. The van der Waals surface area contributed by atoms with Crippen LogP contribution in [0.25, 0.3) is 0 Å². The average Bonchev–Trinajstić information content (AvgIpc) is 2.61. The van der Waals surface area contributed by atoms with Crippen molar-refractivity contribution in [3.05, 3.63) is 59.7 Å². The van der Waals surface area contributed by atoms with Gasteiger partial charge in [-0.15, -0.1) is 0 Å². The molecule has 0 aromatic heterocycles. The van der Waals surface area contributed by atoms with Gasteiger partial charge in [-0.3, -0.25) is 9.00 Å². The highest BCUT2D eigenvalue weighted by Crippen LogP contribution is 2.21. The lowest BCUT2D eigenvalue weighted by atomic mass is 10.2. The van der Waals surface area contributed by atoms with Crippen LogP contribution in [-0.2, 0) is 17.3 Å². The zero-order valence-electron chi connectivity index (χ0n) is 14.8. The van der Waals surface area contributed by atoms with Crippen molar-refractivity contribution in [1.29, 1.82) is 0 Å². The SMILES string of the molecule is COc1ccc(S(C)=O)cc1C(=O)NCCN(C)Cc1ccccc1. The van der Waals surface area contributed by atoms with E-state index in [0.29, 0.717) is 22.8 Å². The van der Waals surface area contributed by atoms with E-state index in [1.165, 1.54) is 12.7 Å². The van der Waals surface area contributed by atoms with Crippen molar-refractivity contribution in [1.82, 2.24) is 10.2 Å². The number of nitrogens with one attached hydrogen (secondary N) is 1. The van der Waals surface area contributed by atoms with Crippen molar-refractivity contribution in [2.45, 2.75) is 11.4 Å². The van der Waals surface area contributed by atoms with E-state index >= 15 is 0 Å². The van der Waals surface area contributed by atoms with E-state index in [1.807, 2.05) is 25.2 Å². The minimum atomic E-state index is -1.15. The quantitative estimate of drug-likeness (QED) is 0.785. The fraction of sp³-hybridized carbons (Fsp3) is 0.316. The van der Waals surface area contributed by atoms with Gasteiger partial charge in [0.2, 0.25) is 0 Å². The number of hydrogen-bond acceptors (Lipinski definition) is 4. The Hall–Kier alpha value is -2.18. The van der Waals surface area contributed by atoms with E-state index in [1.54, 1.807) is 24.5 Å². The Morgan fingerprint density at radius 3 is 2.56 bits per heavy atom. The van der Waals surface area contributed by atoms with Crippen LogP contribution in [0.1, 0.15) is 15.9 Å². The normalized spacial score (nSPS) is 12.0. The highest BCUT2D eigenvalue weighted by atomic mass is 32.2. The maximum absolute atomic E-state index is 12.4. The summed E-state index contributed by atoms with van der Waals surface area (Å²) >= 11 is 0. The van der Waals surface area contributed by atoms with Crippen LogP contribution in [0.5, 0.6) is 5.75 Å². The summed E-state index contributed by atoms with van der Waals surface area (Å²) in [5.41, 5.74) is 1.64. The number of ether oxygens (including phenoxy) is 1. The van der Waals surface area contributed by atoms with Crippen molar-refractivity contribution in [2.24, 2.45) is 0 Å². The molecule has 6 heteroatoms. The standard InChI is InChI=1S/C19H24N2O3S/c1-21(14-15-7-5-4-6-8-15)12-11-20-19(22)17-13-16(25(3)23)9-10-18(17)24-2/h4-10,13H,11-12,14H2,1-3H3,(H,20,22). The number of carbonyl (C=O) groups is 1. The van der Waals surface area contributed by atoms with Crippen LogP contribution >= 0.6 is 0 Å². The van der Waals surface area contributed by atoms with Crippen molar-refractivity contribution < 1.29 is 13.7 Å². The van der Waals surface area contributed by atoms with Crippen LogP contribution in [0.15, 0.2) is 53.4 Å². The fourth-order valence-corrected chi connectivity index (χ4v) is 3.02. The van der Waals surface area contributed by atoms with Crippen LogP contribution in [0.3, 0.4) is 0 Å². The van der Waals surface area contributed by atoms with Gasteiger partial charge in [0.1, 0.15) is 5.75 Å². The number of amides is 1. The Morgan fingerprint density at radius 2 is 1.92 bits per heavy atom. The van der Waals surface area contributed by atoms with Crippen molar-refractivity contribution in [3.8, 4) is 5.75 Å². The van der Waals surface area contributed by atoms with Gasteiger partial charge < -0.3 is 15.0 Å². The monoisotopic (exact) mass is 360 g/mol. The average molecular weight is 360 g/mol. The molecule has 2 rings (SSSR count). The molecule has 2 aromatic carbocycles. The van der Waals surface area contributed by atoms with E-state index in [4.69, 9.17) is 4.74 Å².